The lowest BCUT2D eigenvalue weighted by Crippen LogP contribution is -2.02. The molecule has 0 atom stereocenters. The van der Waals surface area contributed by atoms with Gasteiger partial charge in [-0.15, -0.1) is 0 Å². The van der Waals surface area contributed by atoms with Crippen molar-refractivity contribution in [1.82, 2.24) is 9.97 Å². The molecule has 100 valence electrons. The van der Waals surface area contributed by atoms with E-state index in [2.05, 4.69) is 33.5 Å². The maximum Gasteiger partial charge on any atom is 0.204 e. The second kappa shape index (κ2) is 5.05. The number of nitrogens with zero attached hydrogens (tertiary/aromatic N) is 2. The normalized spacial score (nSPS) is 10.4. The molecule has 0 aliphatic heterocycles. The molecule has 0 bridgehead atoms. The lowest BCUT2D eigenvalue weighted by atomic mass is 10.1. The summed E-state index contributed by atoms with van der Waals surface area (Å²) in [7, 11) is 1.54. The molecule has 0 aliphatic carbocycles. The van der Waals surface area contributed by atoms with Crippen LogP contribution in [0.3, 0.4) is 0 Å². The zero-order chi connectivity index (χ0) is 13.9. The predicted octanol–water partition coefficient (Wildman–Crippen LogP) is 2.96. The highest BCUT2D eigenvalue weighted by atomic mass is 16.5. The molecule has 0 unspecified atom stereocenters. The highest BCUT2D eigenvalue weighted by Gasteiger charge is 2.09. The lowest BCUT2D eigenvalue weighted by Gasteiger charge is -2.11. The summed E-state index contributed by atoms with van der Waals surface area (Å²) in [6.07, 6.45) is 1.40. The van der Waals surface area contributed by atoms with Crippen molar-refractivity contribution in [3.05, 3.63) is 48.8 Å². The third-order valence-electron chi connectivity index (χ3n) is 3.05. The standard InChI is InChI=1S/C15H14N4O/c1-20-13-14(16)17-9-18-15(13)19-12-7-6-10-4-2-3-5-11(10)8-12/h2-9H,1H3,(H3,16,17,18,19). The van der Waals surface area contributed by atoms with E-state index in [0.717, 1.165) is 11.1 Å². The Labute approximate surface area is 116 Å². The van der Waals surface area contributed by atoms with Gasteiger partial charge in [-0.3, -0.25) is 0 Å². The smallest absolute Gasteiger partial charge is 0.204 e. The summed E-state index contributed by atoms with van der Waals surface area (Å²) >= 11 is 0. The largest absolute Gasteiger partial charge is 0.490 e. The van der Waals surface area contributed by atoms with Crippen molar-refractivity contribution in [3.8, 4) is 5.75 Å². The molecule has 0 amide bonds. The monoisotopic (exact) mass is 266 g/mol. The number of nitrogens with one attached hydrogen (secondary N) is 1. The van der Waals surface area contributed by atoms with Crippen molar-refractivity contribution in [2.24, 2.45) is 0 Å². The molecule has 1 aromatic heterocycles. The second-order valence-electron chi connectivity index (χ2n) is 4.33. The number of nitrogen functional groups attached to an aromatic ring is 1. The Morgan fingerprint density at radius 3 is 2.65 bits per heavy atom. The van der Waals surface area contributed by atoms with Gasteiger partial charge < -0.3 is 15.8 Å². The van der Waals surface area contributed by atoms with Crippen LogP contribution < -0.4 is 15.8 Å². The van der Waals surface area contributed by atoms with Crippen LogP contribution in [0.1, 0.15) is 0 Å². The van der Waals surface area contributed by atoms with Gasteiger partial charge in [-0.2, -0.15) is 0 Å². The van der Waals surface area contributed by atoms with E-state index in [9.17, 15) is 0 Å². The molecule has 3 N–H and O–H groups in total. The molecule has 0 radical (unpaired) electrons. The van der Waals surface area contributed by atoms with E-state index < -0.39 is 0 Å². The molecule has 5 heteroatoms. The highest BCUT2D eigenvalue weighted by Crippen LogP contribution is 2.30. The lowest BCUT2D eigenvalue weighted by molar-refractivity contribution is 0.415. The molecule has 0 saturated carbocycles. The summed E-state index contributed by atoms with van der Waals surface area (Å²) in [5, 5.41) is 5.54. The first kappa shape index (κ1) is 12.2. The zero-order valence-electron chi connectivity index (χ0n) is 11.0. The van der Waals surface area contributed by atoms with Crippen molar-refractivity contribution < 1.29 is 4.74 Å². The number of fused-ring (bicyclic) bond motifs is 1. The van der Waals surface area contributed by atoms with Gasteiger partial charge in [-0.25, -0.2) is 9.97 Å². The molecular weight excluding hydrogens is 252 g/mol. The molecule has 20 heavy (non-hydrogen) atoms. The Balaban J connectivity index is 1.99. The minimum Gasteiger partial charge on any atom is -0.490 e. The molecule has 1 heterocycles. The van der Waals surface area contributed by atoms with Crippen molar-refractivity contribution in [3.63, 3.8) is 0 Å². The van der Waals surface area contributed by atoms with Crippen LogP contribution in [-0.4, -0.2) is 17.1 Å². The number of aromatic nitrogens is 2. The summed E-state index contributed by atoms with van der Waals surface area (Å²) in [6, 6.07) is 14.2. The van der Waals surface area contributed by atoms with Crippen LogP contribution in [0.25, 0.3) is 10.8 Å². The number of ether oxygens (including phenoxy) is 1. The highest BCUT2D eigenvalue weighted by molar-refractivity contribution is 5.86. The minimum atomic E-state index is 0.311. The van der Waals surface area contributed by atoms with E-state index in [-0.39, 0.29) is 0 Å². The summed E-state index contributed by atoms with van der Waals surface area (Å²) in [5.41, 5.74) is 6.68. The van der Waals surface area contributed by atoms with Gasteiger partial charge in [0.1, 0.15) is 6.33 Å². The fourth-order valence-corrected chi connectivity index (χ4v) is 2.08. The Morgan fingerprint density at radius 2 is 1.85 bits per heavy atom. The average Bonchev–Trinajstić information content (AvgIpc) is 2.47. The second-order valence-corrected chi connectivity index (χ2v) is 4.33. The van der Waals surface area contributed by atoms with E-state index in [1.807, 2.05) is 24.3 Å². The molecule has 3 rings (SSSR count). The van der Waals surface area contributed by atoms with Gasteiger partial charge in [0, 0.05) is 5.69 Å². The maximum absolute atomic E-state index is 5.76. The summed E-state index contributed by atoms with van der Waals surface area (Å²) in [6.45, 7) is 0. The van der Waals surface area contributed by atoms with Gasteiger partial charge in [0.25, 0.3) is 0 Å². The number of hydrogen-bond acceptors (Lipinski definition) is 5. The fourth-order valence-electron chi connectivity index (χ4n) is 2.08. The number of hydrogen-bond donors (Lipinski definition) is 2. The zero-order valence-corrected chi connectivity index (χ0v) is 11.0. The van der Waals surface area contributed by atoms with E-state index in [0.29, 0.717) is 17.4 Å². The van der Waals surface area contributed by atoms with Crippen molar-refractivity contribution in [2.75, 3.05) is 18.2 Å². The molecule has 3 aromatic rings. The Hall–Kier alpha value is -2.82. The van der Waals surface area contributed by atoms with Crippen LogP contribution in [0.5, 0.6) is 5.75 Å². The molecule has 0 spiro atoms. The average molecular weight is 266 g/mol. The molecule has 0 fully saturated rings. The van der Waals surface area contributed by atoms with Gasteiger partial charge in [-0.05, 0) is 22.9 Å². The minimum absolute atomic E-state index is 0.311. The SMILES string of the molecule is COc1c(N)ncnc1Nc1ccc2ccccc2c1. The van der Waals surface area contributed by atoms with Crippen LogP contribution in [0.4, 0.5) is 17.3 Å². The molecule has 2 aromatic carbocycles. The predicted molar refractivity (Wildman–Crippen MR) is 80.2 cm³/mol. The first-order valence-corrected chi connectivity index (χ1v) is 6.18. The summed E-state index contributed by atoms with van der Waals surface area (Å²) in [4.78, 5) is 8.06. The summed E-state index contributed by atoms with van der Waals surface area (Å²) in [5.74, 6) is 1.31. The van der Waals surface area contributed by atoms with Crippen molar-refractivity contribution in [1.29, 1.82) is 0 Å². The maximum atomic E-state index is 5.76. The van der Waals surface area contributed by atoms with E-state index in [1.54, 1.807) is 7.11 Å². The summed E-state index contributed by atoms with van der Waals surface area (Å²) < 4.78 is 5.22. The van der Waals surface area contributed by atoms with E-state index in [1.165, 1.54) is 11.7 Å². The van der Waals surface area contributed by atoms with Gasteiger partial charge in [-0.1, -0.05) is 30.3 Å². The topological polar surface area (TPSA) is 73.1 Å². The molecule has 0 saturated heterocycles. The first-order chi connectivity index (χ1) is 9.78. The molecular formula is C15H14N4O. The third kappa shape index (κ3) is 2.21. The number of anilines is 3. The number of methoxy groups -OCH3 is 1. The Bertz CT molecular complexity index is 758. The number of benzene rings is 2. The fraction of sp³-hybridized carbons (Fsp3) is 0.0667. The molecule has 5 nitrogen and oxygen atoms in total. The van der Waals surface area contributed by atoms with Gasteiger partial charge >= 0.3 is 0 Å². The Morgan fingerprint density at radius 1 is 1.05 bits per heavy atom. The van der Waals surface area contributed by atoms with Crippen LogP contribution in [0, 0.1) is 0 Å². The van der Waals surface area contributed by atoms with E-state index >= 15 is 0 Å². The Kier molecular flexibility index (Phi) is 3.09. The van der Waals surface area contributed by atoms with Crippen molar-refractivity contribution in [2.45, 2.75) is 0 Å². The van der Waals surface area contributed by atoms with Gasteiger partial charge in [0.2, 0.25) is 5.75 Å². The van der Waals surface area contributed by atoms with Crippen molar-refractivity contribution >= 4 is 28.1 Å². The van der Waals surface area contributed by atoms with Gasteiger partial charge in [0.05, 0.1) is 7.11 Å². The third-order valence-corrected chi connectivity index (χ3v) is 3.05. The quantitative estimate of drug-likeness (QED) is 0.762. The first-order valence-electron chi connectivity index (χ1n) is 6.18. The van der Waals surface area contributed by atoms with E-state index in [4.69, 9.17) is 10.5 Å². The molecule has 0 aliphatic rings. The number of rotatable bonds is 3. The van der Waals surface area contributed by atoms with Crippen LogP contribution in [-0.2, 0) is 0 Å². The van der Waals surface area contributed by atoms with Crippen LogP contribution in [0.15, 0.2) is 48.8 Å². The number of nitrogens with two attached hydrogens (primary N) is 1. The van der Waals surface area contributed by atoms with Crippen LogP contribution >= 0.6 is 0 Å². The van der Waals surface area contributed by atoms with Crippen LogP contribution in [0.2, 0.25) is 0 Å². The van der Waals surface area contributed by atoms with Gasteiger partial charge in [0.15, 0.2) is 11.6 Å².